The summed E-state index contributed by atoms with van der Waals surface area (Å²) in [6.45, 7) is 2.11. The number of carbonyl (C=O) groups is 1. The molecule has 192 valence electrons. The lowest BCUT2D eigenvalue weighted by atomic mass is 10.1. The summed E-state index contributed by atoms with van der Waals surface area (Å²) in [6.07, 6.45) is -10.8. The van der Waals surface area contributed by atoms with Gasteiger partial charge >= 0.3 is 12.4 Å². The van der Waals surface area contributed by atoms with E-state index >= 15 is 0 Å². The predicted octanol–water partition coefficient (Wildman–Crippen LogP) is 5.71. The number of halogens is 6. The molecule has 0 fully saturated rings. The average molecular weight is 542 g/mol. The molecule has 0 aliphatic carbocycles. The number of hydrogen-bond donors (Lipinski definition) is 0. The summed E-state index contributed by atoms with van der Waals surface area (Å²) in [6, 6.07) is 5.23. The first kappa shape index (κ1) is 27.2. The molecule has 13 heteroatoms. The van der Waals surface area contributed by atoms with Crippen LogP contribution in [0.3, 0.4) is 0 Å². The van der Waals surface area contributed by atoms with Crippen LogP contribution in [-0.4, -0.2) is 43.5 Å². The second-order valence-corrected chi connectivity index (χ2v) is 11.3. The number of thioether (sulfide) groups is 1. The first-order valence-electron chi connectivity index (χ1n) is 10.2. The highest BCUT2D eigenvalue weighted by Crippen LogP contribution is 2.41. The molecule has 0 spiro atoms. The van der Waals surface area contributed by atoms with E-state index in [2.05, 4.69) is 0 Å². The molecule has 5 nitrogen and oxygen atoms in total. The molecule has 3 rings (SSSR count). The molecule has 0 aromatic heterocycles. The molecule has 0 radical (unpaired) electrons. The summed E-state index contributed by atoms with van der Waals surface area (Å²) < 4.78 is 109. The Labute approximate surface area is 202 Å². The van der Waals surface area contributed by atoms with Crippen LogP contribution in [0.1, 0.15) is 40.9 Å². The van der Waals surface area contributed by atoms with Gasteiger partial charge in [0.05, 0.1) is 16.0 Å². The average Bonchev–Trinajstić information content (AvgIpc) is 3.14. The number of alkyl halides is 6. The predicted molar refractivity (Wildman–Crippen MR) is 117 cm³/mol. The second-order valence-electron chi connectivity index (χ2n) is 7.94. The van der Waals surface area contributed by atoms with Crippen LogP contribution >= 0.6 is 11.8 Å². The normalized spacial score (nSPS) is 15.2. The van der Waals surface area contributed by atoms with Gasteiger partial charge in [0.2, 0.25) is 0 Å². The van der Waals surface area contributed by atoms with E-state index in [9.17, 15) is 39.6 Å². The summed E-state index contributed by atoms with van der Waals surface area (Å²) >= 11 is 1.00. The quantitative estimate of drug-likeness (QED) is 0.347. The third-order valence-electron chi connectivity index (χ3n) is 5.29. The van der Waals surface area contributed by atoms with Crippen LogP contribution in [0.2, 0.25) is 0 Å². The Bertz CT molecular complexity index is 1240. The Morgan fingerprint density at radius 2 is 1.69 bits per heavy atom. The topological polar surface area (TPSA) is 63.7 Å². The molecule has 1 aliphatic rings. The van der Waals surface area contributed by atoms with Gasteiger partial charge < -0.3 is 9.64 Å². The number of carbonyl (C=O) groups excluding carboxylic acids is 1. The monoisotopic (exact) mass is 541 g/mol. The van der Waals surface area contributed by atoms with Crippen molar-refractivity contribution >= 4 is 27.5 Å². The van der Waals surface area contributed by atoms with Gasteiger partial charge in [0.25, 0.3) is 5.91 Å². The molecule has 0 unspecified atom stereocenters. The van der Waals surface area contributed by atoms with Gasteiger partial charge in [-0.2, -0.15) is 26.3 Å². The summed E-state index contributed by atoms with van der Waals surface area (Å²) in [7, 11) is -3.82. The molecule has 1 aliphatic heterocycles. The molecule has 0 bridgehead atoms. The molecule has 2 aromatic carbocycles. The zero-order chi connectivity index (χ0) is 26.3. The lowest BCUT2D eigenvalue weighted by Crippen LogP contribution is -2.32. The Morgan fingerprint density at radius 3 is 2.20 bits per heavy atom. The fraction of sp³-hybridized carbons (Fsp3) is 0.409. The van der Waals surface area contributed by atoms with Crippen molar-refractivity contribution in [1.29, 1.82) is 0 Å². The Hall–Kier alpha value is -2.41. The van der Waals surface area contributed by atoms with E-state index < -0.39 is 51.1 Å². The van der Waals surface area contributed by atoms with Crippen LogP contribution in [0, 0.1) is 0 Å². The zero-order valence-electron chi connectivity index (χ0n) is 18.7. The molecule has 2 aromatic rings. The van der Waals surface area contributed by atoms with Crippen LogP contribution in [0.4, 0.5) is 26.3 Å². The van der Waals surface area contributed by atoms with E-state index in [1.54, 1.807) is 6.92 Å². The molecular formula is C22H21F6NO4S2. The minimum absolute atomic E-state index is 0.00940. The highest BCUT2D eigenvalue weighted by molar-refractivity contribution is 7.99. The number of ether oxygens (including phenoxy) is 1. The van der Waals surface area contributed by atoms with E-state index in [1.807, 2.05) is 0 Å². The lowest BCUT2D eigenvalue weighted by molar-refractivity contribution is -0.189. The number of amides is 1. The first-order valence-corrected chi connectivity index (χ1v) is 13.1. The Morgan fingerprint density at radius 1 is 1.09 bits per heavy atom. The van der Waals surface area contributed by atoms with Crippen molar-refractivity contribution in [1.82, 2.24) is 4.90 Å². The van der Waals surface area contributed by atoms with Crippen LogP contribution < -0.4 is 4.74 Å². The van der Waals surface area contributed by atoms with Gasteiger partial charge in [-0.3, -0.25) is 4.79 Å². The van der Waals surface area contributed by atoms with Crippen LogP contribution in [-0.2, 0) is 29.1 Å². The first-order chi connectivity index (χ1) is 16.0. The number of rotatable bonds is 6. The smallest absolute Gasteiger partial charge is 0.425 e. The molecule has 1 amide bonds. The number of hydrogen-bond acceptors (Lipinski definition) is 5. The van der Waals surface area contributed by atoms with Gasteiger partial charge in [-0.05, 0) is 54.1 Å². The maximum atomic E-state index is 13.5. The van der Waals surface area contributed by atoms with E-state index in [0.717, 1.165) is 54.1 Å². The minimum atomic E-state index is -4.75. The largest absolute Gasteiger partial charge is 0.480 e. The van der Waals surface area contributed by atoms with Crippen LogP contribution in [0.15, 0.2) is 40.1 Å². The number of fused-ring (bicyclic) bond motifs is 1. The van der Waals surface area contributed by atoms with Crippen molar-refractivity contribution in [3.05, 3.63) is 52.6 Å². The number of nitrogens with zero attached hydrogens (tertiary/aromatic N) is 1. The van der Waals surface area contributed by atoms with Crippen LogP contribution in [0.25, 0.3) is 0 Å². The van der Waals surface area contributed by atoms with Crippen molar-refractivity contribution in [2.24, 2.45) is 0 Å². The number of benzene rings is 2. The van der Waals surface area contributed by atoms with E-state index in [1.165, 1.54) is 6.07 Å². The molecule has 0 saturated heterocycles. The van der Waals surface area contributed by atoms with Crippen molar-refractivity contribution in [3.63, 3.8) is 0 Å². The van der Waals surface area contributed by atoms with E-state index in [0.29, 0.717) is 11.3 Å². The summed E-state index contributed by atoms with van der Waals surface area (Å²) in [5, 5.41) is 0. The lowest BCUT2D eigenvalue weighted by Gasteiger charge is -2.22. The molecule has 35 heavy (non-hydrogen) atoms. The molecule has 1 heterocycles. The standard InChI is InChI=1S/C22H21F6NO4S2/c1-4-34-19-8-14-11-29(10-13(14)7-17(19)22(26,27)28)20(30)16-9-15(35(3,31)32)5-6-18(16)33-12(2)21(23,24)25/h5-9,12H,4,10-11H2,1-3H3/t12-/m0/s1. The SMILES string of the molecule is CCSc1cc2c(cc1C(F)(F)F)CN(C(=O)c1cc(S(C)(=O)=O)ccc1O[C@@H](C)C(F)(F)F)C2. The zero-order valence-corrected chi connectivity index (χ0v) is 20.4. The summed E-state index contributed by atoms with van der Waals surface area (Å²) in [5.74, 6) is -0.961. The van der Waals surface area contributed by atoms with Gasteiger partial charge in [0.1, 0.15) is 5.75 Å². The van der Waals surface area contributed by atoms with Crippen molar-refractivity contribution in [3.8, 4) is 5.75 Å². The summed E-state index contributed by atoms with van der Waals surface area (Å²) in [5.41, 5.74) is -0.556. The molecule has 0 N–H and O–H groups in total. The van der Waals surface area contributed by atoms with Crippen molar-refractivity contribution in [2.45, 2.75) is 55.2 Å². The molecule has 1 atom stereocenters. The van der Waals surface area contributed by atoms with Crippen LogP contribution in [0.5, 0.6) is 5.75 Å². The van der Waals surface area contributed by atoms with Gasteiger partial charge in [-0.15, -0.1) is 11.8 Å². The van der Waals surface area contributed by atoms with E-state index in [-0.39, 0.29) is 28.4 Å². The van der Waals surface area contributed by atoms with Gasteiger partial charge in [0, 0.05) is 24.2 Å². The molecular weight excluding hydrogens is 520 g/mol. The number of sulfone groups is 1. The fourth-order valence-corrected chi connectivity index (χ4v) is 5.02. The second kappa shape index (κ2) is 9.57. The van der Waals surface area contributed by atoms with Crippen molar-refractivity contribution in [2.75, 3.05) is 12.0 Å². The van der Waals surface area contributed by atoms with E-state index in [4.69, 9.17) is 4.74 Å². The molecule has 0 saturated carbocycles. The highest BCUT2D eigenvalue weighted by Gasteiger charge is 2.40. The van der Waals surface area contributed by atoms with Gasteiger partial charge in [0.15, 0.2) is 15.9 Å². The summed E-state index contributed by atoms with van der Waals surface area (Å²) in [4.78, 5) is 14.1. The third kappa shape index (κ3) is 6.05. The maximum absolute atomic E-state index is 13.5. The third-order valence-corrected chi connectivity index (χ3v) is 7.34. The minimum Gasteiger partial charge on any atom is -0.480 e. The van der Waals surface area contributed by atoms with Gasteiger partial charge in [-0.25, -0.2) is 8.42 Å². The highest BCUT2D eigenvalue weighted by atomic mass is 32.2. The Kier molecular flexibility index (Phi) is 7.43. The maximum Gasteiger partial charge on any atom is 0.425 e. The fourth-order valence-electron chi connectivity index (χ4n) is 3.51. The Balaban J connectivity index is 2.01. The van der Waals surface area contributed by atoms with Gasteiger partial charge in [-0.1, -0.05) is 6.92 Å². The van der Waals surface area contributed by atoms with Crippen molar-refractivity contribution < 1.29 is 44.3 Å².